The molecule has 0 spiro atoms. The fourth-order valence-corrected chi connectivity index (χ4v) is 7.22. The van der Waals surface area contributed by atoms with Gasteiger partial charge >= 0.3 is 0 Å². The van der Waals surface area contributed by atoms with Crippen LogP contribution in [0.2, 0.25) is 0 Å². The number of nitrogens with one attached hydrogen (secondary N) is 1. The molecule has 1 rings (SSSR count). The van der Waals surface area contributed by atoms with E-state index in [1.165, 1.54) is 167 Å². The van der Waals surface area contributed by atoms with Gasteiger partial charge in [-0.05, 0) is 12.8 Å². The predicted octanol–water partition coefficient (Wildman–Crippen LogP) is 11.1. The lowest BCUT2D eigenvalue weighted by Crippen LogP contribution is -2.53. The molecule has 0 saturated heterocycles. The van der Waals surface area contributed by atoms with E-state index in [2.05, 4.69) is 35.4 Å². The minimum absolute atomic E-state index is 0.160. The molecule has 0 fully saturated rings. The van der Waals surface area contributed by atoms with Gasteiger partial charge in [-0.2, -0.15) is 0 Å². The molecule has 0 radical (unpaired) electrons. The fourth-order valence-electron chi connectivity index (χ4n) is 7.22. The van der Waals surface area contributed by atoms with Crippen LogP contribution in [0.25, 0.3) is 0 Å². The molecule has 0 aromatic carbocycles. The maximum absolute atomic E-state index is 13.0. The van der Waals surface area contributed by atoms with Gasteiger partial charge in [0.25, 0.3) is 5.84 Å². The first-order valence-electron chi connectivity index (χ1n) is 22.3. The van der Waals surface area contributed by atoms with Crippen LogP contribution in [0, 0.1) is 0 Å². The fraction of sp³-hybridized carbons (Fsp3) is 0.930. The summed E-state index contributed by atoms with van der Waals surface area (Å²) >= 11 is 0. The van der Waals surface area contributed by atoms with Gasteiger partial charge in [0.15, 0.2) is 0 Å². The number of Topliss-reactive ketones (excluding diaryl/α,β-unsaturated/α-hetero) is 1. The van der Waals surface area contributed by atoms with E-state index in [4.69, 9.17) is 0 Å². The third kappa shape index (κ3) is 33.7. The van der Waals surface area contributed by atoms with E-state index in [1.807, 2.05) is 0 Å². The Morgan fingerprint density at radius 1 is 0.623 bits per heavy atom. The molecule has 1 N–H and O–H groups in total. The number of unbranched alkanes of at least 4 members (excludes halogenated alkanes) is 28. The van der Waals surface area contributed by atoms with Crippen molar-refractivity contribution in [3.8, 4) is 0 Å². The van der Waals surface area contributed by atoms with Crippen molar-refractivity contribution in [1.82, 2.24) is 5.32 Å². The highest BCUT2D eigenvalue weighted by atomic mass is 32.3. The lowest BCUT2D eigenvalue weighted by atomic mass is 10.0. The molecular formula is C43H85N3O6S. The number of hydrogen-bond acceptors (Lipinski definition) is 7. The number of amidine groups is 1. The van der Waals surface area contributed by atoms with Gasteiger partial charge in [-0.1, -0.05) is 194 Å². The molecule has 1 aliphatic heterocycles. The van der Waals surface area contributed by atoms with Crippen molar-refractivity contribution in [2.75, 3.05) is 40.3 Å². The average Bonchev–Trinajstić information content (AvgIpc) is 3.52. The second-order valence-corrected chi connectivity index (χ2v) is 16.9. The van der Waals surface area contributed by atoms with E-state index in [1.54, 1.807) is 0 Å². The van der Waals surface area contributed by atoms with Crippen LogP contribution < -0.4 is 5.32 Å². The summed E-state index contributed by atoms with van der Waals surface area (Å²) in [6, 6.07) is 0. The summed E-state index contributed by atoms with van der Waals surface area (Å²) < 4.78 is 31.6. The van der Waals surface area contributed by atoms with E-state index < -0.39 is 10.4 Å². The number of quaternary nitrogens is 1. The minimum atomic E-state index is -4.41. The van der Waals surface area contributed by atoms with Crippen LogP contribution in [0.5, 0.6) is 0 Å². The number of rotatable bonds is 37. The molecule has 0 aromatic rings. The molecule has 53 heavy (non-hydrogen) atoms. The molecule has 0 saturated carbocycles. The zero-order valence-electron chi connectivity index (χ0n) is 35.2. The van der Waals surface area contributed by atoms with Crippen LogP contribution in [-0.2, 0) is 24.2 Å². The van der Waals surface area contributed by atoms with Crippen LogP contribution in [-0.4, -0.2) is 75.3 Å². The molecule has 1 heterocycles. The van der Waals surface area contributed by atoms with E-state index in [0.717, 1.165) is 58.3 Å². The van der Waals surface area contributed by atoms with Gasteiger partial charge in [-0.25, -0.2) is 13.4 Å². The summed E-state index contributed by atoms with van der Waals surface area (Å²) in [5.74, 6) is 1.13. The summed E-state index contributed by atoms with van der Waals surface area (Å²) in [6.07, 6.45) is 41.4. The lowest BCUT2D eigenvalue weighted by Gasteiger charge is -2.29. The molecule has 10 heteroatoms. The predicted molar refractivity (Wildman–Crippen MR) is 222 cm³/mol. The largest absolute Gasteiger partial charge is 0.726 e. The SMILES string of the molecule is CCCCCCCCCCCCCCCCCC(=O)NCC[N+]1(C)CCN=C1C(=O)CCCCCCCCCCCCCCCCC.COS(=O)(=O)[O-]. The Balaban J connectivity index is 0.00000413. The van der Waals surface area contributed by atoms with Crippen LogP contribution >= 0.6 is 0 Å². The van der Waals surface area contributed by atoms with E-state index in [-0.39, 0.29) is 11.7 Å². The summed E-state index contributed by atoms with van der Waals surface area (Å²) in [7, 11) is -1.48. The third-order valence-electron chi connectivity index (χ3n) is 10.8. The van der Waals surface area contributed by atoms with E-state index in [0.29, 0.717) is 23.9 Å². The second kappa shape index (κ2) is 36.3. The van der Waals surface area contributed by atoms with Crippen LogP contribution in [0.1, 0.15) is 219 Å². The average molecular weight is 772 g/mol. The topological polar surface area (TPSA) is 125 Å². The van der Waals surface area contributed by atoms with Crippen molar-refractivity contribution >= 4 is 27.9 Å². The van der Waals surface area contributed by atoms with Gasteiger partial charge in [0.05, 0.1) is 27.2 Å². The van der Waals surface area contributed by atoms with Gasteiger partial charge in [-0.3, -0.25) is 18.3 Å². The minimum Gasteiger partial charge on any atom is -0.726 e. The van der Waals surface area contributed by atoms with E-state index >= 15 is 0 Å². The van der Waals surface area contributed by atoms with E-state index in [9.17, 15) is 22.6 Å². The standard InChI is InChI=1S/C42H81N3O2.CH4O4S/c1-4-6-8-10-12-14-16-18-20-22-24-26-28-30-32-34-40(46)42-44-37-39-45(42,3)38-36-43-41(47)35-33-31-29-27-25-23-21-19-17-15-13-11-9-7-5-2;1-5-6(2,3)4/h4-39H2,1-3H3;1H3,(H,2,3,4). The number of hydrogen-bond donors (Lipinski definition) is 1. The Hall–Kier alpha value is -1.36. The van der Waals surface area contributed by atoms with Gasteiger partial charge in [-0.15, -0.1) is 0 Å². The highest BCUT2D eigenvalue weighted by Gasteiger charge is 2.37. The third-order valence-corrected chi connectivity index (χ3v) is 11.2. The molecule has 0 aromatic heterocycles. The molecule has 0 aliphatic carbocycles. The number of carbonyl (C=O) groups excluding carboxylic acids is 2. The molecule has 1 unspecified atom stereocenters. The van der Waals surface area contributed by atoms with Crippen molar-refractivity contribution in [3.05, 3.63) is 0 Å². The second-order valence-electron chi connectivity index (χ2n) is 15.8. The summed E-state index contributed by atoms with van der Waals surface area (Å²) in [4.78, 5) is 30.1. The zero-order chi connectivity index (χ0) is 39.3. The van der Waals surface area contributed by atoms with Gasteiger partial charge < -0.3 is 9.87 Å². The number of likely N-dealkylation sites (N-methyl/N-ethyl adjacent to an activating group) is 1. The van der Waals surface area contributed by atoms with Crippen molar-refractivity contribution in [2.24, 2.45) is 4.99 Å². The zero-order valence-corrected chi connectivity index (χ0v) is 36.0. The first kappa shape index (κ1) is 51.6. The van der Waals surface area contributed by atoms with Crippen molar-refractivity contribution < 1.29 is 31.2 Å². The first-order chi connectivity index (χ1) is 25.6. The highest BCUT2D eigenvalue weighted by Crippen LogP contribution is 2.18. The smallest absolute Gasteiger partial charge is 0.267 e. The molecule has 0 bridgehead atoms. The molecule has 1 atom stereocenters. The maximum Gasteiger partial charge on any atom is 0.267 e. The Bertz CT molecular complexity index is 1010. The summed E-state index contributed by atoms with van der Waals surface area (Å²) in [5, 5.41) is 3.12. The molecule has 1 aliphatic rings. The van der Waals surface area contributed by atoms with Gasteiger partial charge in [0.1, 0.15) is 13.1 Å². The quantitative estimate of drug-likeness (QED) is 0.0290. The maximum atomic E-state index is 13.0. The van der Waals surface area contributed by atoms with Gasteiger partial charge in [0, 0.05) is 12.8 Å². The van der Waals surface area contributed by atoms with Gasteiger partial charge in [0.2, 0.25) is 22.1 Å². The molecule has 1 amide bonds. The molecule has 9 nitrogen and oxygen atoms in total. The Kier molecular flexibility index (Phi) is 35.4. The normalized spacial score (nSPS) is 15.6. The number of nitrogens with zero attached hydrogens (tertiary/aromatic N) is 2. The first-order valence-corrected chi connectivity index (χ1v) is 23.6. The van der Waals surface area contributed by atoms with Crippen molar-refractivity contribution in [3.63, 3.8) is 0 Å². The number of carbonyl (C=O) groups is 2. The highest BCUT2D eigenvalue weighted by molar-refractivity contribution is 7.80. The van der Waals surface area contributed by atoms with Crippen LogP contribution in [0.3, 0.4) is 0 Å². The molecule has 314 valence electrons. The monoisotopic (exact) mass is 772 g/mol. The number of ketones is 1. The lowest BCUT2D eigenvalue weighted by molar-refractivity contribution is -0.810. The summed E-state index contributed by atoms with van der Waals surface area (Å²) in [5.41, 5.74) is 0. The Morgan fingerprint density at radius 3 is 1.28 bits per heavy atom. The Labute approximate surface area is 328 Å². The van der Waals surface area contributed by atoms with Crippen LogP contribution in [0.15, 0.2) is 4.99 Å². The van der Waals surface area contributed by atoms with Crippen molar-refractivity contribution in [2.45, 2.75) is 219 Å². The van der Waals surface area contributed by atoms with Crippen molar-refractivity contribution in [1.29, 1.82) is 0 Å². The number of aliphatic imine (C=N–C) groups is 1. The Morgan fingerprint density at radius 2 is 0.943 bits per heavy atom. The summed E-state index contributed by atoms with van der Waals surface area (Å²) in [6.45, 7) is 7.55. The molecular weight excluding hydrogens is 687 g/mol. The van der Waals surface area contributed by atoms with Crippen LogP contribution in [0.4, 0.5) is 0 Å². The number of amides is 1.